The largest absolute Gasteiger partial charge is 0.598 e. The summed E-state index contributed by atoms with van der Waals surface area (Å²) in [5.41, 5.74) is -0.412. The van der Waals surface area contributed by atoms with E-state index in [1.165, 1.54) is 35.4 Å². The monoisotopic (exact) mass is 453 g/mol. The van der Waals surface area contributed by atoms with Gasteiger partial charge in [0.25, 0.3) is 6.43 Å². The van der Waals surface area contributed by atoms with Crippen LogP contribution < -0.4 is 9.62 Å². The van der Waals surface area contributed by atoms with Gasteiger partial charge >= 0.3 is 0 Å². The highest BCUT2D eigenvalue weighted by molar-refractivity contribution is 7.88. The van der Waals surface area contributed by atoms with Crippen LogP contribution in [0.4, 0.5) is 19.0 Å². The molecule has 0 saturated carbocycles. The van der Waals surface area contributed by atoms with Gasteiger partial charge in [-0.25, -0.2) is 32.6 Å². The minimum absolute atomic E-state index is 0.276. The molecule has 0 spiro atoms. The molecule has 8 nitrogen and oxygen atoms in total. The third-order valence-corrected chi connectivity index (χ3v) is 6.11. The summed E-state index contributed by atoms with van der Waals surface area (Å²) >= 11 is -1.23. The molecule has 0 aromatic carbocycles. The van der Waals surface area contributed by atoms with Crippen molar-refractivity contribution in [2.24, 2.45) is 5.92 Å². The normalized spacial score (nSPS) is 22.9. The van der Waals surface area contributed by atoms with Crippen LogP contribution in [0.2, 0.25) is 0 Å². The van der Waals surface area contributed by atoms with Crippen molar-refractivity contribution in [3.05, 3.63) is 36.4 Å². The Morgan fingerprint density at radius 1 is 1.32 bits per heavy atom. The van der Waals surface area contributed by atoms with Gasteiger partial charge in [0.1, 0.15) is 35.5 Å². The summed E-state index contributed by atoms with van der Waals surface area (Å²) in [5.74, 6) is 0.206. The number of alkyl halides is 3. The average Bonchev–Trinajstić information content (AvgIpc) is 3.16. The molecule has 1 fully saturated rings. The van der Waals surface area contributed by atoms with E-state index in [0.29, 0.717) is 42.4 Å². The Balaban J connectivity index is 1.62. The van der Waals surface area contributed by atoms with E-state index in [2.05, 4.69) is 24.8 Å². The fraction of sp³-hybridized carbons (Fsp3) is 0.474. The fourth-order valence-electron chi connectivity index (χ4n) is 3.65. The number of halogens is 3. The molecule has 4 rings (SSSR count). The maximum absolute atomic E-state index is 15.0. The molecule has 3 aromatic heterocycles. The van der Waals surface area contributed by atoms with Crippen molar-refractivity contribution in [1.82, 2.24) is 29.3 Å². The smallest absolute Gasteiger partial charge is 0.282 e. The van der Waals surface area contributed by atoms with Crippen LogP contribution in [-0.2, 0) is 11.4 Å². The summed E-state index contributed by atoms with van der Waals surface area (Å²) in [7, 11) is 0. The van der Waals surface area contributed by atoms with Crippen molar-refractivity contribution in [3.8, 4) is 11.4 Å². The second kappa shape index (κ2) is 8.60. The Bertz CT molecular complexity index is 1060. The Morgan fingerprint density at radius 3 is 2.87 bits per heavy atom. The van der Waals surface area contributed by atoms with Gasteiger partial charge in [-0.05, 0) is 25.5 Å². The maximum Gasteiger partial charge on any atom is 0.282 e. The Morgan fingerprint density at radius 2 is 2.13 bits per heavy atom. The molecule has 3 aromatic rings. The van der Waals surface area contributed by atoms with Crippen LogP contribution in [0.1, 0.15) is 25.5 Å². The van der Waals surface area contributed by atoms with Gasteiger partial charge in [0, 0.05) is 43.0 Å². The van der Waals surface area contributed by atoms with E-state index in [1.54, 1.807) is 13.0 Å². The first kappa shape index (κ1) is 21.8. The highest BCUT2D eigenvalue weighted by Crippen LogP contribution is 2.33. The molecule has 1 saturated heterocycles. The van der Waals surface area contributed by atoms with Crippen molar-refractivity contribution in [2.45, 2.75) is 25.4 Å². The standard InChI is InChI=1S/C19H22F3N7OS/c1-19(22)5-6-28(10-12(19)8-26-31(2)30)17-7-14(24-11-25-17)15-9-23-16-4-3-13(18(20)21)27-29(15)16/h3-4,7,9,11-12,18,26H,5-6,8,10H2,1-2H3. The molecule has 0 amide bonds. The number of rotatable bonds is 6. The van der Waals surface area contributed by atoms with Gasteiger partial charge in [-0.1, -0.05) is 0 Å². The number of hydrogen-bond acceptors (Lipinski definition) is 7. The zero-order chi connectivity index (χ0) is 22.2. The molecular formula is C19H22F3N7OS. The average molecular weight is 453 g/mol. The Labute approximate surface area is 180 Å². The molecule has 3 atom stereocenters. The van der Waals surface area contributed by atoms with Crippen LogP contribution in [0, 0.1) is 5.92 Å². The summed E-state index contributed by atoms with van der Waals surface area (Å²) in [6.07, 6.45) is 1.99. The summed E-state index contributed by atoms with van der Waals surface area (Å²) in [6, 6.07) is 4.42. The van der Waals surface area contributed by atoms with Crippen LogP contribution >= 0.6 is 0 Å². The van der Waals surface area contributed by atoms with Crippen LogP contribution in [0.25, 0.3) is 17.0 Å². The number of imidazole rings is 1. The lowest BCUT2D eigenvalue weighted by Crippen LogP contribution is -2.52. The van der Waals surface area contributed by atoms with Crippen molar-refractivity contribution in [1.29, 1.82) is 0 Å². The molecule has 1 aliphatic rings. The fourth-order valence-corrected chi connectivity index (χ4v) is 4.08. The molecule has 31 heavy (non-hydrogen) atoms. The van der Waals surface area contributed by atoms with E-state index < -0.39 is 23.5 Å². The molecule has 166 valence electrons. The Kier molecular flexibility index (Phi) is 6.04. The van der Waals surface area contributed by atoms with Crippen molar-refractivity contribution < 1.29 is 17.7 Å². The zero-order valence-electron chi connectivity index (χ0n) is 17.0. The molecular weight excluding hydrogens is 431 g/mol. The molecule has 12 heteroatoms. The van der Waals surface area contributed by atoms with Crippen LogP contribution in [0.3, 0.4) is 0 Å². The lowest BCUT2D eigenvalue weighted by atomic mass is 9.84. The van der Waals surface area contributed by atoms with Gasteiger partial charge < -0.3 is 9.45 Å². The summed E-state index contributed by atoms with van der Waals surface area (Å²) in [5, 5.41) is 3.97. The quantitative estimate of drug-likeness (QED) is 0.573. The molecule has 4 heterocycles. The first-order chi connectivity index (χ1) is 14.7. The highest BCUT2D eigenvalue weighted by Gasteiger charge is 2.40. The molecule has 1 aliphatic heterocycles. The lowest BCUT2D eigenvalue weighted by Gasteiger charge is -2.41. The zero-order valence-corrected chi connectivity index (χ0v) is 17.8. The van der Waals surface area contributed by atoms with E-state index in [1.807, 2.05) is 4.90 Å². The van der Waals surface area contributed by atoms with E-state index in [-0.39, 0.29) is 18.2 Å². The highest BCUT2D eigenvalue weighted by atomic mass is 32.2. The SMILES string of the molecule is C[S+]([O-])NCC1CN(c2cc(-c3cnc4ccc(C(F)F)nn34)ncn2)CCC1(C)F. The number of nitrogens with zero attached hydrogens (tertiary/aromatic N) is 6. The summed E-state index contributed by atoms with van der Waals surface area (Å²) in [6.45, 7) is 2.67. The van der Waals surface area contributed by atoms with Gasteiger partial charge in [-0.15, -0.1) is 4.72 Å². The van der Waals surface area contributed by atoms with E-state index in [9.17, 15) is 17.7 Å². The first-order valence-corrected chi connectivity index (χ1v) is 11.3. The third-order valence-electron chi connectivity index (χ3n) is 5.54. The number of hydrogen-bond donors (Lipinski definition) is 1. The first-order valence-electron chi connectivity index (χ1n) is 9.70. The minimum Gasteiger partial charge on any atom is -0.598 e. The topological polar surface area (TPSA) is 94.3 Å². The number of piperidine rings is 1. The summed E-state index contributed by atoms with van der Waals surface area (Å²) in [4.78, 5) is 14.7. The minimum atomic E-state index is -2.70. The van der Waals surface area contributed by atoms with Crippen LogP contribution in [0.5, 0.6) is 0 Å². The van der Waals surface area contributed by atoms with Gasteiger partial charge in [0.05, 0.1) is 11.9 Å². The predicted molar refractivity (Wildman–Crippen MR) is 111 cm³/mol. The Hall–Kier alpha value is -2.44. The van der Waals surface area contributed by atoms with Gasteiger partial charge in [-0.2, -0.15) is 5.10 Å². The number of aromatic nitrogens is 5. The molecule has 0 bridgehead atoms. The van der Waals surface area contributed by atoms with E-state index >= 15 is 0 Å². The van der Waals surface area contributed by atoms with Gasteiger partial charge in [-0.3, -0.25) is 0 Å². The van der Waals surface area contributed by atoms with Crippen molar-refractivity contribution >= 4 is 22.8 Å². The molecule has 0 aliphatic carbocycles. The maximum atomic E-state index is 15.0. The summed E-state index contributed by atoms with van der Waals surface area (Å²) < 4.78 is 56.6. The number of anilines is 1. The molecule has 0 radical (unpaired) electrons. The molecule has 3 unspecified atom stereocenters. The van der Waals surface area contributed by atoms with E-state index in [0.717, 1.165) is 0 Å². The number of nitrogens with one attached hydrogen (secondary N) is 1. The van der Waals surface area contributed by atoms with Crippen molar-refractivity contribution in [2.75, 3.05) is 30.8 Å². The number of fused-ring (bicyclic) bond motifs is 1. The van der Waals surface area contributed by atoms with Gasteiger partial charge in [0.15, 0.2) is 5.65 Å². The predicted octanol–water partition coefficient (Wildman–Crippen LogP) is 2.56. The van der Waals surface area contributed by atoms with Crippen LogP contribution in [-0.4, -0.2) is 60.7 Å². The third kappa shape index (κ3) is 4.60. The lowest BCUT2D eigenvalue weighted by molar-refractivity contribution is 0.0805. The van der Waals surface area contributed by atoms with Crippen LogP contribution in [0.15, 0.2) is 30.7 Å². The van der Waals surface area contributed by atoms with E-state index in [4.69, 9.17) is 0 Å². The van der Waals surface area contributed by atoms with Crippen molar-refractivity contribution in [3.63, 3.8) is 0 Å². The molecule has 1 N–H and O–H groups in total. The second-order valence-corrected chi connectivity index (χ2v) is 8.90. The van der Waals surface area contributed by atoms with Gasteiger partial charge in [0.2, 0.25) is 0 Å². The second-order valence-electron chi connectivity index (χ2n) is 7.71.